The van der Waals surface area contributed by atoms with E-state index < -0.39 is 29.1 Å². The minimum atomic E-state index is -4.62. The van der Waals surface area contributed by atoms with E-state index in [2.05, 4.69) is 26.2 Å². The monoisotopic (exact) mass is 352 g/mol. The molecule has 0 unspecified atom stereocenters. The largest absolute Gasteiger partial charge is 0.416 e. The summed E-state index contributed by atoms with van der Waals surface area (Å²) in [5.74, 6) is -2.13. The highest BCUT2D eigenvalue weighted by Crippen LogP contribution is 2.32. The smallest absolute Gasteiger partial charge is 0.335 e. The van der Waals surface area contributed by atoms with Gasteiger partial charge in [-0.3, -0.25) is 0 Å². The molecule has 8 heteroatoms. The van der Waals surface area contributed by atoms with Crippen LogP contribution in [0.15, 0.2) is 34.9 Å². The summed E-state index contributed by atoms with van der Waals surface area (Å²) in [5, 5.41) is 2.20. The lowest BCUT2D eigenvalue weighted by atomic mass is 10.2. The highest BCUT2D eigenvalue weighted by Gasteiger charge is 2.31. The molecule has 0 aliphatic heterocycles. The summed E-state index contributed by atoms with van der Waals surface area (Å²) in [6.45, 7) is 0. The molecule has 0 aliphatic rings. The maximum Gasteiger partial charge on any atom is 0.416 e. The van der Waals surface area contributed by atoms with Crippen molar-refractivity contribution < 1.29 is 22.0 Å². The van der Waals surface area contributed by atoms with Gasteiger partial charge >= 0.3 is 6.18 Å². The van der Waals surface area contributed by atoms with Gasteiger partial charge in [0.05, 0.1) is 11.3 Å². The first-order valence-electron chi connectivity index (χ1n) is 5.22. The van der Waals surface area contributed by atoms with Gasteiger partial charge in [-0.25, -0.2) is 13.8 Å². The lowest BCUT2D eigenvalue weighted by Gasteiger charge is -2.11. The molecule has 1 aromatic carbocycles. The third-order valence-corrected chi connectivity index (χ3v) is 2.79. The van der Waals surface area contributed by atoms with E-state index in [1.807, 2.05) is 0 Å². The van der Waals surface area contributed by atoms with Gasteiger partial charge in [-0.05, 0) is 40.2 Å². The van der Waals surface area contributed by atoms with E-state index >= 15 is 0 Å². The standard InChI is InChI=1S/C12H6BrF5N2/c13-7-4-9(15)11(19-5-7)20-10-3-6(12(16,17)18)1-2-8(10)14/h1-5H,(H,19,20). The van der Waals surface area contributed by atoms with Crippen LogP contribution in [-0.4, -0.2) is 4.98 Å². The fourth-order valence-corrected chi connectivity index (χ4v) is 1.73. The van der Waals surface area contributed by atoms with Crippen molar-refractivity contribution in [2.45, 2.75) is 6.18 Å². The number of hydrogen-bond donors (Lipinski definition) is 1. The molecule has 2 nitrogen and oxygen atoms in total. The number of nitrogens with one attached hydrogen (secondary N) is 1. The van der Waals surface area contributed by atoms with Crippen molar-refractivity contribution in [2.24, 2.45) is 0 Å². The molecule has 0 fully saturated rings. The zero-order chi connectivity index (χ0) is 14.9. The summed E-state index contributed by atoms with van der Waals surface area (Å²) in [4.78, 5) is 3.63. The quantitative estimate of drug-likeness (QED) is 0.778. The molecule has 0 atom stereocenters. The van der Waals surface area contributed by atoms with Crippen molar-refractivity contribution in [1.29, 1.82) is 0 Å². The number of rotatable bonds is 2. The normalized spacial score (nSPS) is 11.5. The number of pyridine rings is 1. The Balaban J connectivity index is 2.38. The fraction of sp³-hybridized carbons (Fsp3) is 0.0833. The first kappa shape index (κ1) is 14.7. The maximum absolute atomic E-state index is 13.5. The Morgan fingerprint density at radius 3 is 2.35 bits per heavy atom. The second-order valence-electron chi connectivity index (χ2n) is 3.80. The molecule has 0 aliphatic carbocycles. The van der Waals surface area contributed by atoms with Crippen molar-refractivity contribution in [2.75, 3.05) is 5.32 Å². The molecule has 1 aromatic heterocycles. The second-order valence-corrected chi connectivity index (χ2v) is 4.72. The van der Waals surface area contributed by atoms with E-state index in [9.17, 15) is 22.0 Å². The minimum Gasteiger partial charge on any atom is -0.335 e. The van der Waals surface area contributed by atoms with E-state index in [1.165, 1.54) is 6.20 Å². The van der Waals surface area contributed by atoms with Gasteiger partial charge in [-0.2, -0.15) is 13.2 Å². The Bertz CT molecular complexity index is 642. The molecule has 106 valence electrons. The third-order valence-electron chi connectivity index (χ3n) is 2.35. The second kappa shape index (κ2) is 5.35. The van der Waals surface area contributed by atoms with Gasteiger partial charge in [-0.15, -0.1) is 0 Å². The molecule has 2 rings (SSSR count). The molecule has 0 bridgehead atoms. The summed E-state index contributed by atoms with van der Waals surface area (Å²) in [6.07, 6.45) is -3.38. The Morgan fingerprint density at radius 2 is 1.75 bits per heavy atom. The van der Waals surface area contributed by atoms with Crippen LogP contribution < -0.4 is 5.32 Å². The number of aromatic nitrogens is 1. The fourth-order valence-electron chi connectivity index (χ4n) is 1.43. The van der Waals surface area contributed by atoms with Crippen molar-refractivity contribution in [3.05, 3.63) is 52.1 Å². The van der Waals surface area contributed by atoms with Crippen LogP contribution in [0, 0.1) is 11.6 Å². The van der Waals surface area contributed by atoms with Crippen LogP contribution in [0.1, 0.15) is 5.56 Å². The highest BCUT2D eigenvalue weighted by atomic mass is 79.9. The SMILES string of the molecule is Fc1ccc(C(F)(F)F)cc1Nc1ncc(Br)cc1F. The average molecular weight is 353 g/mol. The van der Waals surface area contributed by atoms with Crippen molar-refractivity contribution in [3.8, 4) is 0 Å². The number of halogens is 6. The van der Waals surface area contributed by atoms with Gasteiger partial charge in [0.1, 0.15) is 5.82 Å². The number of hydrogen-bond acceptors (Lipinski definition) is 2. The molecule has 0 radical (unpaired) electrons. The summed E-state index contributed by atoms with van der Waals surface area (Å²) in [5.41, 5.74) is -1.55. The number of nitrogens with zero attached hydrogens (tertiary/aromatic N) is 1. The van der Waals surface area contributed by atoms with Crippen molar-refractivity contribution in [3.63, 3.8) is 0 Å². The third kappa shape index (κ3) is 3.24. The molecule has 0 spiro atoms. The summed E-state index contributed by atoms with van der Waals surface area (Å²) >= 11 is 2.98. The zero-order valence-electron chi connectivity index (χ0n) is 9.60. The molecule has 1 heterocycles. The van der Waals surface area contributed by atoms with Crippen LogP contribution in [-0.2, 0) is 6.18 Å². The molecule has 0 saturated carbocycles. The van der Waals surface area contributed by atoms with Crippen LogP contribution in [0.4, 0.5) is 33.5 Å². The number of anilines is 2. The lowest BCUT2D eigenvalue weighted by Crippen LogP contribution is -2.07. The summed E-state index contributed by atoms with van der Waals surface area (Å²) < 4.78 is 64.9. The van der Waals surface area contributed by atoms with Gasteiger partial charge in [-0.1, -0.05) is 0 Å². The number of benzene rings is 1. The van der Waals surface area contributed by atoms with Gasteiger partial charge < -0.3 is 5.32 Å². The first-order chi connectivity index (χ1) is 9.27. The molecule has 0 amide bonds. The van der Waals surface area contributed by atoms with Crippen LogP contribution in [0.2, 0.25) is 0 Å². The molecule has 1 N–H and O–H groups in total. The minimum absolute atomic E-state index is 0.352. The zero-order valence-corrected chi connectivity index (χ0v) is 11.2. The molecular formula is C12H6BrF5N2. The Morgan fingerprint density at radius 1 is 1.05 bits per heavy atom. The van der Waals surface area contributed by atoms with Gasteiger partial charge in [0.25, 0.3) is 0 Å². The Kier molecular flexibility index (Phi) is 3.94. The molecule has 0 saturated heterocycles. The van der Waals surface area contributed by atoms with E-state index in [0.717, 1.165) is 6.07 Å². The van der Waals surface area contributed by atoms with E-state index in [1.54, 1.807) is 0 Å². The predicted octanol–water partition coefficient (Wildman–Crippen LogP) is 4.88. The van der Waals surface area contributed by atoms with Crippen LogP contribution in [0.3, 0.4) is 0 Å². The van der Waals surface area contributed by atoms with E-state index in [-0.39, 0.29) is 5.82 Å². The topological polar surface area (TPSA) is 24.9 Å². The lowest BCUT2D eigenvalue weighted by molar-refractivity contribution is -0.137. The van der Waals surface area contributed by atoms with E-state index in [0.29, 0.717) is 22.7 Å². The van der Waals surface area contributed by atoms with Crippen LogP contribution >= 0.6 is 15.9 Å². The maximum atomic E-state index is 13.5. The predicted molar refractivity (Wildman–Crippen MR) is 66.6 cm³/mol. The first-order valence-corrected chi connectivity index (χ1v) is 6.01. The number of alkyl halides is 3. The van der Waals surface area contributed by atoms with Gasteiger partial charge in [0.2, 0.25) is 0 Å². The van der Waals surface area contributed by atoms with Crippen molar-refractivity contribution >= 4 is 27.4 Å². The Hall–Kier alpha value is -1.70. The summed E-state index contributed by atoms with van der Waals surface area (Å²) in [7, 11) is 0. The molecule has 20 heavy (non-hydrogen) atoms. The van der Waals surface area contributed by atoms with Crippen molar-refractivity contribution in [1.82, 2.24) is 4.98 Å². The van der Waals surface area contributed by atoms with Crippen LogP contribution in [0.5, 0.6) is 0 Å². The highest BCUT2D eigenvalue weighted by molar-refractivity contribution is 9.10. The van der Waals surface area contributed by atoms with Crippen LogP contribution in [0.25, 0.3) is 0 Å². The van der Waals surface area contributed by atoms with Gasteiger partial charge in [0, 0.05) is 10.7 Å². The average Bonchev–Trinajstić information content (AvgIpc) is 2.33. The van der Waals surface area contributed by atoms with E-state index in [4.69, 9.17) is 0 Å². The summed E-state index contributed by atoms with van der Waals surface area (Å²) in [6, 6.07) is 2.87. The van der Waals surface area contributed by atoms with Gasteiger partial charge in [0.15, 0.2) is 11.6 Å². The molecular weight excluding hydrogens is 347 g/mol. The molecule has 2 aromatic rings. The Labute approximate surface area is 118 Å².